The van der Waals surface area contributed by atoms with Gasteiger partial charge < -0.3 is 5.32 Å². The number of pyridine rings is 1. The molecule has 0 aliphatic rings. The van der Waals surface area contributed by atoms with Crippen molar-refractivity contribution in [2.45, 2.75) is 13.5 Å². The van der Waals surface area contributed by atoms with Crippen LogP contribution < -0.4 is 16.7 Å². The van der Waals surface area contributed by atoms with Gasteiger partial charge in [-0.15, -0.1) is 0 Å². The van der Waals surface area contributed by atoms with Crippen LogP contribution in [0, 0.1) is 12.7 Å². The first-order valence-electron chi connectivity index (χ1n) is 10.6. The van der Waals surface area contributed by atoms with Gasteiger partial charge in [-0.3, -0.25) is 14.2 Å². The summed E-state index contributed by atoms with van der Waals surface area (Å²) >= 11 is 5.95. The van der Waals surface area contributed by atoms with Gasteiger partial charge in [-0.1, -0.05) is 17.7 Å². The van der Waals surface area contributed by atoms with Gasteiger partial charge in [-0.05, 0) is 54.4 Å². The molecule has 0 saturated heterocycles. The first kappa shape index (κ1) is 22.5. The van der Waals surface area contributed by atoms with Gasteiger partial charge >= 0.3 is 11.4 Å². The van der Waals surface area contributed by atoms with Crippen molar-refractivity contribution in [3.05, 3.63) is 104 Å². The third-order valence-corrected chi connectivity index (χ3v) is 5.68. The first-order valence-corrected chi connectivity index (χ1v) is 11.0. The zero-order valence-electron chi connectivity index (χ0n) is 18.7. The van der Waals surface area contributed by atoms with Crippen molar-refractivity contribution < 1.29 is 4.39 Å². The highest BCUT2D eigenvalue weighted by molar-refractivity contribution is 6.30. The number of aryl methyl sites for hydroxylation is 2. The lowest BCUT2D eigenvalue weighted by Crippen LogP contribution is -2.41. The van der Waals surface area contributed by atoms with E-state index in [0.717, 1.165) is 21.0 Å². The lowest BCUT2D eigenvalue weighted by Gasteiger charge is -2.16. The van der Waals surface area contributed by atoms with Crippen LogP contribution in [0.15, 0.2) is 70.6 Å². The van der Waals surface area contributed by atoms with E-state index in [1.165, 1.54) is 29.0 Å². The summed E-state index contributed by atoms with van der Waals surface area (Å²) in [7, 11) is 1.82. The van der Waals surface area contributed by atoms with Gasteiger partial charge in [0.2, 0.25) is 5.95 Å². The lowest BCUT2D eigenvalue weighted by molar-refractivity contribution is 0.624. The van der Waals surface area contributed by atoms with Crippen molar-refractivity contribution in [1.29, 1.82) is 0 Å². The van der Waals surface area contributed by atoms with Crippen LogP contribution in [0.4, 0.5) is 16.0 Å². The Morgan fingerprint density at radius 1 is 1.09 bits per heavy atom. The van der Waals surface area contributed by atoms with Crippen molar-refractivity contribution in [3.63, 3.8) is 0 Å². The summed E-state index contributed by atoms with van der Waals surface area (Å²) in [5.74, 6) is -0.541. The minimum atomic E-state index is -0.763. The molecule has 9 nitrogen and oxygen atoms in total. The summed E-state index contributed by atoms with van der Waals surface area (Å²) in [5.41, 5.74) is 1.63. The van der Waals surface area contributed by atoms with Crippen LogP contribution in [0.5, 0.6) is 0 Å². The average molecular weight is 492 g/mol. The zero-order chi connectivity index (χ0) is 24.7. The molecule has 11 heteroatoms. The Balaban J connectivity index is 1.66. The Kier molecular flexibility index (Phi) is 5.65. The summed E-state index contributed by atoms with van der Waals surface area (Å²) in [6, 6.07) is 11.3. The molecule has 35 heavy (non-hydrogen) atoms. The SMILES string of the molecule is Cc1cncc(-n2c(=O)nc(Nc3ccc4nn(C)cc4c3)n(Cc3ccc(F)c(Cl)c3)c2=O)c1. The molecule has 0 unspecified atom stereocenters. The summed E-state index contributed by atoms with van der Waals surface area (Å²) in [5, 5.41) is 8.22. The van der Waals surface area contributed by atoms with E-state index in [-0.39, 0.29) is 17.5 Å². The summed E-state index contributed by atoms with van der Waals surface area (Å²) in [6.45, 7) is 1.79. The number of halogens is 2. The van der Waals surface area contributed by atoms with Gasteiger partial charge in [0, 0.05) is 30.5 Å². The highest BCUT2D eigenvalue weighted by Crippen LogP contribution is 2.21. The average Bonchev–Trinajstić information content (AvgIpc) is 3.18. The minimum Gasteiger partial charge on any atom is -0.325 e. The molecular weight excluding hydrogens is 473 g/mol. The number of nitrogens with one attached hydrogen (secondary N) is 1. The van der Waals surface area contributed by atoms with E-state index in [4.69, 9.17) is 11.6 Å². The number of nitrogens with zero attached hydrogens (tertiary/aromatic N) is 6. The monoisotopic (exact) mass is 491 g/mol. The normalized spacial score (nSPS) is 11.2. The van der Waals surface area contributed by atoms with E-state index >= 15 is 0 Å². The maximum atomic E-state index is 13.7. The van der Waals surface area contributed by atoms with E-state index in [9.17, 15) is 14.0 Å². The second-order valence-corrected chi connectivity index (χ2v) is 8.50. The molecule has 0 spiro atoms. The van der Waals surface area contributed by atoms with Gasteiger partial charge in [-0.25, -0.2) is 18.5 Å². The van der Waals surface area contributed by atoms with E-state index in [1.54, 1.807) is 29.9 Å². The third-order valence-electron chi connectivity index (χ3n) is 5.39. The van der Waals surface area contributed by atoms with Gasteiger partial charge in [0.25, 0.3) is 0 Å². The molecule has 0 saturated carbocycles. The Morgan fingerprint density at radius 3 is 2.69 bits per heavy atom. The molecule has 1 N–H and O–H groups in total. The molecule has 0 aliphatic carbocycles. The predicted octanol–water partition coefficient (Wildman–Crippen LogP) is 3.57. The van der Waals surface area contributed by atoms with Gasteiger partial charge in [0.15, 0.2) is 0 Å². The van der Waals surface area contributed by atoms with Crippen molar-refractivity contribution >= 4 is 34.1 Å². The second-order valence-electron chi connectivity index (χ2n) is 8.09. The van der Waals surface area contributed by atoms with Crippen molar-refractivity contribution in [2.75, 3.05) is 5.32 Å². The van der Waals surface area contributed by atoms with Crippen LogP contribution in [0.2, 0.25) is 5.02 Å². The first-order chi connectivity index (χ1) is 16.8. The van der Waals surface area contributed by atoms with Crippen molar-refractivity contribution in [3.8, 4) is 5.69 Å². The number of hydrogen-bond donors (Lipinski definition) is 1. The van der Waals surface area contributed by atoms with Crippen LogP contribution in [0.3, 0.4) is 0 Å². The molecule has 176 valence electrons. The van der Waals surface area contributed by atoms with Crippen molar-refractivity contribution in [2.24, 2.45) is 7.05 Å². The van der Waals surface area contributed by atoms with Crippen LogP contribution in [-0.4, -0.2) is 28.9 Å². The summed E-state index contributed by atoms with van der Waals surface area (Å²) < 4.78 is 17.6. The number of fused-ring (bicyclic) bond motifs is 1. The molecule has 3 heterocycles. The number of hydrogen-bond acceptors (Lipinski definition) is 6. The van der Waals surface area contributed by atoms with E-state index in [0.29, 0.717) is 16.9 Å². The molecule has 0 radical (unpaired) electrons. The summed E-state index contributed by atoms with van der Waals surface area (Å²) in [6.07, 6.45) is 4.88. The number of aromatic nitrogens is 6. The Labute approximate surface area is 203 Å². The zero-order valence-corrected chi connectivity index (χ0v) is 19.5. The summed E-state index contributed by atoms with van der Waals surface area (Å²) in [4.78, 5) is 34.8. The smallest absolute Gasteiger partial charge is 0.325 e. The highest BCUT2D eigenvalue weighted by Gasteiger charge is 2.17. The molecule has 0 bridgehead atoms. The number of anilines is 2. The third kappa shape index (κ3) is 4.43. The predicted molar refractivity (Wildman–Crippen MR) is 131 cm³/mol. The number of benzene rings is 2. The molecule has 3 aromatic heterocycles. The van der Waals surface area contributed by atoms with Gasteiger partial charge in [0.1, 0.15) is 5.82 Å². The fourth-order valence-corrected chi connectivity index (χ4v) is 3.99. The van der Waals surface area contributed by atoms with Gasteiger partial charge in [-0.2, -0.15) is 10.1 Å². The minimum absolute atomic E-state index is 0.0111. The molecule has 0 atom stereocenters. The fourth-order valence-electron chi connectivity index (χ4n) is 3.79. The second kappa shape index (κ2) is 8.80. The lowest BCUT2D eigenvalue weighted by atomic mass is 10.2. The largest absolute Gasteiger partial charge is 0.359 e. The molecule has 5 rings (SSSR count). The molecule has 2 aromatic carbocycles. The number of rotatable bonds is 5. The fraction of sp³-hybridized carbons (Fsp3) is 0.125. The molecule has 0 aliphatic heterocycles. The van der Waals surface area contributed by atoms with Crippen LogP contribution in [0.25, 0.3) is 16.6 Å². The maximum Gasteiger partial charge on any atom is 0.359 e. The van der Waals surface area contributed by atoms with E-state index < -0.39 is 17.2 Å². The Morgan fingerprint density at radius 2 is 1.91 bits per heavy atom. The van der Waals surface area contributed by atoms with Crippen LogP contribution >= 0.6 is 11.6 Å². The van der Waals surface area contributed by atoms with E-state index in [2.05, 4.69) is 20.4 Å². The highest BCUT2D eigenvalue weighted by atomic mass is 35.5. The standard InChI is InChI=1S/C24H19ClFN7O2/c1-14-7-18(11-27-10-14)33-23(34)29-22(28-17-4-6-21-16(9-17)13-31(2)30-21)32(24(33)35)12-15-3-5-20(26)19(25)8-15/h3-11,13H,12H2,1-2H3,(H,28,29,34). The van der Waals surface area contributed by atoms with Crippen LogP contribution in [0.1, 0.15) is 11.1 Å². The maximum absolute atomic E-state index is 13.7. The molecule has 5 aromatic rings. The Bertz CT molecular complexity index is 1710. The molecule has 0 fully saturated rings. The van der Waals surface area contributed by atoms with E-state index in [1.807, 2.05) is 25.4 Å². The topological polar surface area (TPSA) is 99.6 Å². The molecular formula is C24H19ClFN7O2. The Hall–Kier alpha value is -4.31. The molecule has 0 amide bonds. The van der Waals surface area contributed by atoms with Crippen molar-refractivity contribution in [1.82, 2.24) is 28.9 Å². The van der Waals surface area contributed by atoms with Crippen LogP contribution in [-0.2, 0) is 13.6 Å². The quantitative estimate of drug-likeness (QED) is 0.403. The van der Waals surface area contributed by atoms with Gasteiger partial charge in [0.05, 0.1) is 29.0 Å².